The average molecular weight is 1030 g/mol. The Labute approximate surface area is 441 Å². The van der Waals surface area contributed by atoms with Crippen molar-refractivity contribution in [2.24, 2.45) is 28.6 Å². The van der Waals surface area contributed by atoms with Gasteiger partial charge in [-0.25, -0.2) is 4.79 Å². The molecule has 1 aliphatic heterocycles. The van der Waals surface area contributed by atoms with Gasteiger partial charge in [-0.05, 0) is 129 Å². The third kappa shape index (κ3) is 12.8. The topological polar surface area (TPSA) is 233 Å². The largest absolute Gasteiger partial charge is 0.508 e. The molecule has 0 bridgehead atoms. The number of hydrogen-bond donors (Lipinski definition) is 8. The van der Waals surface area contributed by atoms with E-state index in [1.54, 1.807) is 42.5 Å². The smallest absolute Gasteiger partial charge is 0.339 e. The third-order valence-electron chi connectivity index (χ3n) is 16.7. The second-order valence-corrected chi connectivity index (χ2v) is 21.4. The van der Waals surface area contributed by atoms with Gasteiger partial charge in [0.1, 0.15) is 23.7 Å². The summed E-state index contributed by atoms with van der Waals surface area (Å²) in [4.78, 5) is 35.9. The van der Waals surface area contributed by atoms with E-state index in [-0.39, 0.29) is 58.4 Å². The lowest BCUT2D eigenvalue weighted by atomic mass is 9.46. The van der Waals surface area contributed by atoms with Crippen LogP contribution in [0.4, 0.5) is 0 Å². The molecule has 5 aliphatic rings. The highest BCUT2D eigenvalue weighted by Crippen LogP contribution is 2.69. The Hall–Kier alpha value is -5.29. The molecule has 4 aromatic rings. The summed E-state index contributed by atoms with van der Waals surface area (Å²) >= 11 is 0. The molecule has 14 nitrogen and oxygen atoms in total. The van der Waals surface area contributed by atoms with Crippen LogP contribution < -0.4 is 5.32 Å². The molecule has 10 atom stereocenters. The predicted molar refractivity (Wildman–Crippen MR) is 286 cm³/mol. The molecule has 9 rings (SSSR count). The highest BCUT2D eigenvalue weighted by molar-refractivity contribution is 6.01. The number of carbonyl (C=O) groups excluding carboxylic acids is 2. The van der Waals surface area contributed by atoms with E-state index in [0.29, 0.717) is 42.3 Å². The fourth-order valence-electron chi connectivity index (χ4n) is 12.9. The number of carbonyl (C=O) groups is 3. The summed E-state index contributed by atoms with van der Waals surface area (Å²) in [5, 5.41) is 73.5. The monoisotopic (exact) mass is 1030 g/mol. The van der Waals surface area contributed by atoms with Crippen LogP contribution in [-0.4, -0.2) is 110 Å². The molecule has 3 saturated carbocycles. The molecule has 2 unspecified atom stereocenters. The van der Waals surface area contributed by atoms with Gasteiger partial charge in [0, 0.05) is 47.5 Å². The van der Waals surface area contributed by atoms with Gasteiger partial charge in [-0.3, -0.25) is 9.59 Å². The standard InChI is InChI=1S/C25H37NO4.C25H34O6.C11H8O3/c27-20-23-18-22(13-14-24(23)28)25(29)19-26-15-7-1-2-8-16-30-17-9-6-12-21-10-4-3-5-11-21;1-4-5-21-30-20-11-17-16-7-6-14-10-15(27)8-9-23(14,2)22(16)18(28)12-24(17,3)25(20,31-21)19(29)13-26;12-10-8-4-2-1-3-7(8)5-6-9(10)11(13)14/h3-5,10-11,13-14,18,25-29H,1-2,6-9,12,15-17,19-20H2;8-10,16-18,20-22,26,28H,4-7,11-13H2,1-3H3;1-6,12H,(H,13,14)/t;16-,17-,18-,20+,21?,22+,23-,24-,25+;/m.0./s1. The van der Waals surface area contributed by atoms with Gasteiger partial charge in [0.2, 0.25) is 0 Å². The zero-order valence-corrected chi connectivity index (χ0v) is 43.9. The number of ketones is 2. The van der Waals surface area contributed by atoms with Crippen LogP contribution in [0.15, 0.2) is 109 Å². The zero-order valence-electron chi connectivity index (χ0n) is 43.9. The number of ether oxygens (including phenoxy) is 3. The second-order valence-electron chi connectivity index (χ2n) is 21.4. The maximum absolute atomic E-state index is 13.2. The molecule has 406 valence electrons. The van der Waals surface area contributed by atoms with Gasteiger partial charge < -0.3 is 55.3 Å². The Morgan fingerprint density at radius 1 is 0.907 bits per heavy atom. The van der Waals surface area contributed by atoms with E-state index >= 15 is 0 Å². The number of aryl methyl sites for hydroxylation is 1. The van der Waals surface area contributed by atoms with E-state index in [9.17, 15) is 45.0 Å². The minimum atomic E-state index is -1.20. The molecule has 4 aliphatic carbocycles. The van der Waals surface area contributed by atoms with Gasteiger partial charge in [-0.2, -0.15) is 0 Å². The summed E-state index contributed by atoms with van der Waals surface area (Å²) < 4.78 is 18.4. The van der Waals surface area contributed by atoms with Crippen molar-refractivity contribution < 1.29 is 64.3 Å². The molecule has 1 saturated heterocycles. The Morgan fingerprint density at radius 3 is 2.37 bits per heavy atom. The van der Waals surface area contributed by atoms with Crippen LogP contribution in [0.3, 0.4) is 0 Å². The van der Waals surface area contributed by atoms with E-state index in [0.717, 1.165) is 88.5 Å². The second kappa shape index (κ2) is 26.2. The summed E-state index contributed by atoms with van der Waals surface area (Å²) in [5.41, 5.74) is 1.42. The highest BCUT2D eigenvalue weighted by atomic mass is 16.7. The van der Waals surface area contributed by atoms with Crippen molar-refractivity contribution in [2.45, 2.75) is 141 Å². The molecule has 4 aromatic carbocycles. The third-order valence-corrected chi connectivity index (χ3v) is 16.7. The molecule has 0 aromatic heterocycles. The van der Waals surface area contributed by atoms with Crippen LogP contribution in [0.1, 0.15) is 131 Å². The maximum atomic E-state index is 13.2. The van der Waals surface area contributed by atoms with Crippen LogP contribution in [0, 0.1) is 28.6 Å². The number of aromatic carboxylic acids is 1. The van der Waals surface area contributed by atoms with Gasteiger partial charge >= 0.3 is 5.97 Å². The molecule has 14 heteroatoms. The summed E-state index contributed by atoms with van der Waals surface area (Å²) in [6.45, 7) is 8.45. The number of carboxylic acids is 1. The van der Waals surface area contributed by atoms with Crippen molar-refractivity contribution in [3.63, 3.8) is 0 Å². The van der Waals surface area contributed by atoms with Gasteiger partial charge in [0.15, 0.2) is 23.5 Å². The minimum Gasteiger partial charge on any atom is -0.508 e. The first-order valence-corrected chi connectivity index (χ1v) is 27.1. The molecule has 8 N–H and O–H groups in total. The number of unbranched alkanes of at least 4 members (excludes halogenated alkanes) is 4. The fraction of sp³-hybridized carbons (Fsp3) is 0.525. The quantitative estimate of drug-likeness (QED) is 0.0364. The normalized spacial score (nSPS) is 27.6. The molecule has 0 amide bonds. The Kier molecular flexibility index (Phi) is 20.0. The first-order chi connectivity index (χ1) is 36.1. The number of rotatable bonds is 21. The zero-order chi connectivity index (χ0) is 53.8. The lowest BCUT2D eigenvalue weighted by Crippen LogP contribution is -2.63. The molecular weight excluding hydrogens is 955 g/mol. The van der Waals surface area contributed by atoms with Gasteiger partial charge in [-0.15, -0.1) is 0 Å². The lowest BCUT2D eigenvalue weighted by Gasteiger charge is -2.59. The molecule has 4 fully saturated rings. The van der Waals surface area contributed by atoms with Crippen molar-refractivity contribution in [3.05, 3.63) is 131 Å². The molecule has 0 spiro atoms. The van der Waals surface area contributed by atoms with Gasteiger partial charge in [-0.1, -0.05) is 118 Å². The van der Waals surface area contributed by atoms with Crippen molar-refractivity contribution in [1.82, 2.24) is 5.32 Å². The average Bonchev–Trinajstić information content (AvgIpc) is 3.99. The van der Waals surface area contributed by atoms with E-state index < -0.39 is 48.2 Å². The number of aromatic hydroxyl groups is 2. The summed E-state index contributed by atoms with van der Waals surface area (Å²) in [5.74, 6) is -1.21. The summed E-state index contributed by atoms with van der Waals surface area (Å²) in [6, 6.07) is 25.6. The maximum Gasteiger partial charge on any atom is 0.339 e. The van der Waals surface area contributed by atoms with Crippen molar-refractivity contribution in [2.75, 3.05) is 32.9 Å². The number of fused-ring (bicyclic) bond motifs is 8. The lowest BCUT2D eigenvalue weighted by molar-refractivity contribution is -0.200. The number of hydrogen-bond acceptors (Lipinski definition) is 13. The number of allylic oxidation sites excluding steroid dienone is 4. The molecule has 1 heterocycles. The number of Topliss-reactive ketones (excluding diaryl/α,β-unsaturated/α-hetero) is 1. The number of benzene rings is 4. The Balaban J connectivity index is 0.000000175. The fourth-order valence-corrected chi connectivity index (χ4v) is 12.9. The Bertz CT molecular complexity index is 2620. The predicted octanol–water partition coefficient (Wildman–Crippen LogP) is 9.07. The number of phenols is 2. The molecule has 75 heavy (non-hydrogen) atoms. The van der Waals surface area contributed by atoms with Crippen LogP contribution in [0.25, 0.3) is 10.8 Å². The number of nitrogens with one attached hydrogen (secondary N) is 1. The van der Waals surface area contributed by atoms with Crippen molar-refractivity contribution in [1.29, 1.82) is 0 Å². The highest BCUT2D eigenvalue weighted by Gasteiger charge is 2.75. The SMILES string of the molecule is CCCC1O[C@@H]2C[C@H]3[C@@H]4CCC5=CC(=O)C=C[C@]5(C)[C@H]4[C@@H](O)C[C@]3(C)[C@]2(C(=O)CO)O1.O=C(O)c1ccc2ccccc2c1O.OCc1cc(C(O)CNCCCCCCOCCCCc2ccccc2)ccc1O. The van der Waals surface area contributed by atoms with Gasteiger partial charge in [0.05, 0.1) is 24.9 Å². The number of aliphatic hydroxyl groups is 4. The Morgan fingerprint density at radius 2 is 1.64 bits per heavy atom. The van der Waals surface area contributed by atoms with Crippen LogP contribution in [0.5, 0.6) is 11.5 Å². The van der Waals surface area contributed by atoms with Crippen molar-refractivity contribution >= 4 is 28.3 Å². The van der Waals surface area contributed by atoms with E-state index in [1.165, 1.54) is 24.1 Å². The van der Waals surface area contributed by atoms with Crippen LogP contribution in [-0.2, 0) is 36.8 Å². The van der Waals surface area contributed by atoms with Crippen LogP contribution in [0.2, 0.25) is 0 Å². The van der Waals surface area contributed by atoms with Gasteiger partial charge in [0.25, 0.3) is 0 Å². The molecular formula is C61H79NO13. The van der Waals surface area contributed by atoms with E-state index in [2.05, 4.69) is 56.4 Å². The van der Waals surface area contributed by atoms with E-state index in [1.807, 2.05) is 18.2 Å². The first kappa shape index (κ1) is 57.4. The number of aliphatic hydroxyl groups excluding tert-OH is 4. The number of carboxylic acid groups (broad SMARTS) is 1. The van der Waals surface area contributed by atoms with Crippen molar-refractivity contribution in [3.8, 4) is 11.5 Å². The minimum absolute atomic E-state index is 0.0125. The molecule has 0 radical (unpaired) electrons. The van der Waals surface area contributed by atoms with Crippen LogP contribution >= 0.6 is 0 Å². The summed E-state index contributed by atoms with van der Waals surface area (Å²) in [7, 11) is 0. The van der Waals surface area contributed by atoms with E-state index in [4.69, 9.17) is 19.3 Å². The first-order valence-electron chi connectivity index (χ1n) is 27.1. The summed E-state index contributed by atoms with van der Waals surface area (Å²) in [6.07, 6.45) is 15.6.